The number of ether oxygens (including phenoxy) is 1. The van der Waals surface area contributed by atoms with Gasteiger partial charge in [-0.15, -0.1) is 0 Å². The Labute approximate surface area is 193 Å². The molecule has 0 bridgehead atoms. The Bertz CT molecular complexity index is 1450. The number of hydrogen-bond donors (Lipinski definition) is 0. The van der Waals surface area contributed by atoms with Crippen LogP contribution in [0, 0.1) is 0 Å². The molecule has 0 heterocycles. The highest BCUT2D eigenvalue weighted by Gasteiger charge is 2.14. The quantitative estimate of drug-likeness (QED) is 0.275. The third-order valence-electron chi connectivity index (χ3n) is 6.09. The van der Waals surface area contributed by atoms with Gasteiger partial charge < -0.3 is 4.74 Å². The van der Waals surface area contributed by atoms with E-state index in [4.69, 9.17) is 4.74 Å². The number of rotatable bonds is 4. The van der Waals surface area contributed by atoms with Crippen LogP contribution in [0.5, 0.6) is 11.5 Å². The lowest BCUT2D eigenvalue weighted by molar-refractivity contribution is 0.488. The van der Waals surface area contributed by atoms with Gasteiger partial charge in [0.1, 0.15) is 11.5 Å². The van der Waals surface area contributed by atoms with Gasteiger partial charge in [-0.3, -0.25) is 0 Å². The monoisotopic (exact) mass is 422 g/mol. The van der Waals surface area contributed by atoms with Gasteiger partial charge in [-0.2, -0.15) is 0 Å². The van der Waals surface area contributed by atoms with Crippen LogP contribution in [0.2, 0.25) is 0 Å². The highest BCUT2D eigenvalue weighted by Crippen LogP contribution is 2.41. The summed E-state index contributed by atoms with van der Waals surface area (Å²) in [6.45, 7) is 0. The molecule has 0 N–H and O–H groups in total. The average Bonchev–Trinajstić information content (AvgIpc) is 2.89. The third-order valence-corrected chi connectivity index (χ3v) is 6.09. The van der Waals surface area contributed by atoms with Gasteiger partial charge in [0.2, 0.25) is 0 Å². The molecule has 0 radical (unpaired) electrons. The first-order valence-electron chi connectivity index (χ1n) is 11.2. The van der Waals surface area contributed by atoms with E-state index in [1.54, 1.807) is 0 Å². The van der Waals surface area contributed by atoms with Gasteiger partial charge >= 0.3 is 0 Å². The summed E-state index contributed by atoms with van der Waals surface area (Å²) in [5, 5.41) is 4.72. The molecule has 0 atom stereocenters. The molecule has 0 spiro atoms. The van der Waals surface area contributed by atoms with E-state index < -0.39 is 0 Å². The molecule has 0 aliphatic rings. The topological polar surface area (TPSA) is 9.23 Å². The van der Waals surface area contributed by atoms with Gasteiger partial charge in [0, 0.05) is 11.1 Å². The van der Waals surface area contributed by atoms with Crippen LogP contribution >= 0.6 is 0 Å². The minimum absolute atomic E-state index is 0.854. The number of fused-ring (bicyclic) bond motifs is 2. The minimum Gasteiger partial charge on any atom is -0.456 e. The molecule has 0 aromatic heterocycles. The van der Waals surface area contributed by atoms with Crippen LogP contribution in [0.1, 0.15) is 0 Å². The highest BCUT2D eigenvalue weighted by molar-refractivity contribution is 5.93. The fraction of sp³-hybridized carbons (Fsp3) is 0. The summed E-state index contributed by atoms with van der Waals surface area (Å²) in [5.74, 6) is 1.71. The molecule has 1 nitrogen and oxygen atoms in total. The van der Waals surface area contributed by atoms with Gasteiger partial charge in [0.15, 0.2) is 0 Å². The zero-order valence-corrected chi connectivity index (χ0v) is 18.1. The van der Waals surface area contributed by atoms with Crippen molar-refractivity contribution in [2.24, 2.45) is 0 Å². The predicted molar refractivity (Wildman–Crippen MR) is 139 cm³/mol. The van der Waals surface area contributed by atoms with Crippen molar-refractivity contribution in [3.63, 3.8) is 0 Å². The maximum atomic E-state index is 6.77. The van der Waals surface area contributed by atoms with Gasteiger partial charge in [0.05, 0.1) is 0 Å². The van der Waals surface area contributed by atoms with E-state index in [1.165, 1.54) is 10.8 Å². The van der Waals surface area contributed by atoms with Crippen molar-refractivity contribution < 1.29 is 4.74 Å². The van der Waals surface area contributed by atoms with Crippen LogP contribution in [0.3, 0.4) is 0 Å². The Morgan fingerprint density at radius 1 is 0.333 bits per heavy atom. The van der Waals surface area contributed by atoms with E-state index in [1.807, 2.05) is 12.1 Å². The second-order valence-electron chi connectivity index (χ2n) is 8.23. The standard InChI is InChI=1S/C32H22O/c1-3-11-23(12-4-1)29-19-25-15-7-9-17-27(25)21-31(29)33-32-22-28-18-10-8-16-26(28)20-30(32)24-13-5-2-6-14-24/h1-22H. The van der Waals surface area contributed by atoms with Crippen LogP contribution in [0.15, 0.2) is 133 Å². The van der Waals surface area contributed by atoms with Gasteiger partial charge in [-0.25, -0.2) is 0 Å². The first kappa shape index (κ1) is 19.3. The molecule has 6 aromatic carbocycles. The van der Waals surface area contributed by atoms with Crippen molar-refractivity contribution in [3.05, 3.63) is 133 Å². The summed E-state index contributed by atoms with van der Waals surface area (Å²) in [4.78, 5) is 0. The molecule has 0 saturated carbocycles. The second kappa shape index (κ2) is 8.29. The lowest BCUT2D eigenvalue weighted by Gasteiger charge is -2.17. The molecular formula is C32H22O. The normalized spacial score (nSPS) is 11.0. The van der Waals surface area contributed by atoms with E-state index in [0.29, 0.717) is 0 Å². The van der Waals surface area contributed by atoms with Gasteiger partial charge in [0.25, 0.3) is 0 Å². The summed E-state index contributed by atoms with van der Waals surface area (Å²) in [6.07, 6.45) is 0. The van der Waals surface area contributed by atoms with Gasteiger partial charge in [-0.1, -0.05) is 109 Å². The van der Waals surface area contributed by atoms with Crippen molar-refractivity contribution in [3.8, 4) is 33.8 Å². The Morgan fingerprint density at radius 2 is 0.667 bits per heavy atom. The maximum absolute atomic E-state index is 6.77. The zero-order chi connectivity index (χ0) is 22.0. The maximum Gasteiger partial charge on any atom is 0.135 e. The van der Waals surface area contributed by atoms with Crippen molar-refractivity contribution in [1.82, 2.24) is 0 Å². The summed E-state index contributed by atoms with van der Waals surface area (Å²) in [6, 6.07) is 46.5. The summed E-state index contributed by atoms with van der Waals surface area (Å²) in [7, 11) is 0. The molecule has 0 unspecified atom stereocenters. The largest absolute Gasteiger partial charge is 0.456 e. The Balaban J connectivity index is 1.57. The van der Waals surface area contributed by atoms with E-state index in [-0.39, 0.29) is 0 Å². The van der Waals surface area contributed by atoms with Crippen molar-refractivity contribution in [2.45, 2.75) is 0 Å². The summed E-state index contributed by atoms with van der Waals surface area (Å²) < 4.78 is 6.77. The molecule has 33 heavy (non-hydrogen) atoms. The molecule has 1 heteroatoms. The fourth-order valence-corrected chi connectivity index (χ4v) is 4.41. The minimum atomic E-state index is 0.854. The second-order valence-corrected chi connectivity index (χ2v) is 8.23. The highest BCUT2D eigenvalue weighted by atomic mass is 16.5. The van der Waals surface area contributed by atoms with Crippen LogP contribution in [0.25, 0.3) is 43.8 Å². The summed E-state index contributed by atoms with van der Waals surface area (Å²) >= 11 is 0. The Hall–Kier alpha value is -4.36. The van der Waals surface area contributed by atoms with Crippen molar-refractivity contribution in [1.29, 1.82) is 0 Å². The van der Waals surface area contributed by atoms with E-state index in [0.717, 1.165) is 44.5 Å². The van der Waals surface area contributed by atoms with E-state index in [2.05, 4.69) is 121 Å². The smallest absolute Gasteiger partial charge is 0.135 e. The molecule has 6 rings (SSSR count). The third kappa shape index (κ3) is 3.75. The summed E-state index contributed by atoms with van der Waals surface area (Å²) in [5.41, 5.74) is 4.45. The molecule has 6 aromatic rings. The molecule has 0 amide bonds. The zero-order valence-electron chi connectivity index (χ0n) is 18.1. The number of benzene rings is 6. The van der Waals surface area contributed by atoms with Crippen molar-refractivity contribution >= 4 is 21.5 Å². The van der Waals surface area contributed by atoms with Gasteiger partial charge in [-0.05, 0) is 56.9 Å². The molecular weight excluding hydrogens is 400 g/mol. The molecule has 156 valence electrons. The molecule has 0 saturated heterocycles. The van der Waals surface area contributed by atoms with Crippen LogP contribution in [-0.2, 0) is 0 Å². The van der Waals surface area contributed by atoms with Crippen LogP contribution < -0.4 is 4.74 Å². The van der Waals surface area contributed by atoms with Crippen LogP contribution in [0.4, 0.5) is 0 Å². The molecule has 0 aliphatic carbocycles. The first-order chi connectivity index (χ1) is 16.3. The van der Waals surface area contributed by atoms with E-state index >= 15 is 0 Å². The van der Waals surface area contributed by atoms with Crippen LogP contribution in [-0.4, -0.2) is 0 Å². The SMILES string of the molecule is c1ccc(-c2cc3ccccc3cc2Oc2cc3ccccc3cc2-c2ccccc2)cc1. The molecule has 0 aliphatic heterocycles. The Kier molecular flexibility index (Phi) is 4.86. The number of hydrogen-bond acceptors (Lipinski definition) is 1. The predicted octanol–water partition coefficient (Wildman–Crippen LogP) is 9.12. The molecule has 0 fully saturated rings. The van der Waals surface area contributed by atoms with E-state index in [9.17, 15) is 0 Å². The lowest BCUT2D eigenvalue weighted by Crippen LogP contribution is -1.93. The fourth-order valence-electron chi connectivity index (χ4n) is 4.41. The Morgan fingerprint density at radius 3 is 1.06 bits per heavy atom. The first-order valence-corrected chi connectivity index (χ1v) is 11.2. The van der Waals surface area contributed by atoms with Crippen molar-refractivity contribution in [2.75, 3.05) is 0 Å². The lowest BCUT2D eigenvalue weighted by atomic mass is 9.98. The average molecular weight is 423 g/mol.